The van der Waals surface area contributed by atoms with Crippen LogP contribution in [-0.2, 0) is 11.1 Å². The highest BCUT2D eigenvalue weighted by Gasteiger charge is 2.16. The van der Waals surface area contributed by atoms with Gasteiger partial charge < -0.3 is 9.87 Å². The molecule has 2 aromatic rings. The highest BCUT2D eigenvalue weighted by atomic mass is 32.2. The van der Waals surface area contributed by atoms with Gasteiger partial charge in [0.1, 0.15) is 0 Å². The molecule has 0 aliphatic rings. The van der Waals surface area contributed by atoms with Crippen LogP contribution in [0.1, 0.15) is 10.4 Å². The fourth-order valence-electron chi connectivity index (χ4n) is 1.68. The molecule has 0 saturated heterocycles. The molecule has 114 valence electrons. The molecule has 7 nitrogen and oxygen atoms in total. The van der Waals surface area contributed by atoms with E-state index >= 15 is 0 Å². The van der Waals surface area contributed by atoms with E-state index in [1.54, 1.807) is 0 Å². The van der Waals surface area contributed by atoms with E-state index in [4.69, 9.17) is 4.55 Å². The van der Waals surface area contributed by atoms with Crippen LogP contribution in [0, 0.1) is 15.9 Å². The fourth-order valence-corrected chi connectivity index (χ4v) is 2.10. The zero-order valence-corrected chi connectivity index (χ0v) is 11.7. The number of hydrogen-bond donors (Lipinski definition) is 2. The third-order valence-electron chi connectivity index (χ3n) is 2.70. The molecule has 0 bridgehead atoms. The van der Waals surface area contributed by atoms with E-state index < -0.39 is 33.4 Å². The standard InChI is InChI=1S/C13H9FN2O5S/c14-11-5-4-9(7-12(11)16(18)19)15-13(17)8-2-1-3-10(6-8)22(20)21/h1-7H,(H,15,17)(H,20,21). The van der Waals surface area contributed by atoms with Crippen LogP contribution < -0.4 is 5.32 Å². The first-order chi connectivity index (χ1) is 10.4. The van der Waals surface area contributed by atoms with Gasteiger partial charge in [-0.2, -0.15) is 4.39 Å². The van der Waals surface area contributed by atoms with Crippen molar-refractivity contribution in [2.45, 2.75) is 4.90 Å². The van der Waals surface area contributed by atoms with E-state index in [2.05, 4.69) is 5.32 Å². The molecular formula is C13H9FN2O5S. The Kier molecular flexibility index (Phi) is 4.59. The number of nitrogens with zero attached hydrogens (tertiary/aromatic N) is 1. The number of carbonyl (C=O) groups is 1. The second-order valence-electron chi connectivity index (χ2n) is 4.15. The molecule has 9 heteroatoms. The lowest BCUT2D eigenvalue weighted by Crippen LogP contribution is -2.12. The van der Waals surface area contributed by atoms with Crippen molar-refractivity contribution in [1.29, 1.82) is 0 Å². The number of carbonyl (C=O) groups excluding carboxylic acids is 1. The van der Waals surface area contributed by atoms with E-state index in [9.17, 15) is 23.5 Å². The van der Waals surface area contributed by atoms with Crippen molar-refractivity contribution < 1.29 is 22.9 Å². The second kappa shape index (κ2) is 6.41. The summed E-state index contributed by atoms with van der Waals surface area (Å²) in [6, 6.07) is 8.34. The number of nitro groups is 1. The lowest BCUT2D eigenvalue weighted by molar-refractivity contribution is -0.387. The van der Waals surface area contributed by atoms with Gasteiger partial charge in [-0.25, -0.2) is 4.21 Å². The van der Waals surface area contributed by atoms with E-state index in [0.29, 0.717) is 0 Å². The van der Waals surface area contributed by atoms with E-state index in [0.717, 1.165) is 12.1 Å². The molecule has 0 aromatic heterocycles. The average Bonchev–Trinajstić information content (AvgIpc) is 2.49. The largest absolute Gasteiger partial charge is 0.322 e. The van der Waals surface area contributed by atoms with Crippen LogP contribution in [0.5, 0.6) is 0 Å². The molecule has 1 atom stereocenters. The molecule has 0 radical (unpaired) electrons. The van der Waals surface area contributed by atoms with Gasteiger partial charge in [-0.1, -0.05) is 6.07 Å². The number of rotatable bonds is 4. The number of benzene rings is 2. The molecule has 2 aromatic carbocycles. The summed E-state index contributed by atoms with van der Waals surface area (Å²) in [6.45, 7) is 0. The first-order valence-electron chi connectivity index (χ1n) is 5.84. The fraction of sp³-hybridized carbons (Fsp3) is 0. The van der Waals surface area contributed by atoms with Crippen molar-refractivity contribution in [2.75, 3.05) is 5.32 Å². The van der Waals surface area contributed by atoms with Crippen molar-refractivity contribution in [1.82, 2.24) is 0 Å². The average molecular weight is 324 g/mol. The minimum atomic E-state index is -2.23. The monoisotopic (exact) mass is 324 g/mol. The number of nitrogens with one attached hydrogen (secondary N) is 1. The number of hydrogen-bond acceptors (Lipinski definition) is 4. The van der Waals surface area contributed by atoms with E-state index in [1.807, 2.05) is 0 Å². The maximum atomic E-state index is 13.2. The molecule has 0 heterocycles. The minimum absolute atomic E-state index is 0.0358. The van der Waals surface area contributed by atoms with Crippen LogP contribution in [0.4, 0.5) is 15.8 Å². The lowest BCUT2D eigenvalue weighted by Gasteiger charge is -2.06. The molecule has 1 unspecified atom stereocenters. The quantitative estimate of drug-likeness (QED) is 0.510. The Morgan fingerprint density at radius 2 is 2.00 bits per heavy atom. The van der Waals surface area contributed by atoms with Gasteiger partial charge in [-0.15, -0.1) is 0 Å². The van der Waals surface area contributed by atoms with Gasteiger partial charge in [0.25, 0.3) is 5.91 Å². The first kappa shape index (κ1) is 15.7. The zero-order valence-electron chi connectivity index (χ0n) is 10.9. The summed E-state index contributed by atoms with van der Waals surface area (Å²) < 4.78 is 33.1. The smallest absolute Gasteiger partial charge is 0.306 e. The topological polar surface area (TPSA) is 110 Å². The molecule has 22 heavy (non-hydrogen) atoms. The SMILES string of the molecule is O=C(Nc1ccc(F)c([N+](=O)[O-])c1)c1cccc(S(=O)O)c1. The van der Waals surface area contributed by atoms with Crippen LogP contribution in [0.25, 0.3) is 0 Å². The number of amides is 1. The summed E-state index contributed by atoms with van der Waals surface area (Å²) in [7, 11) is 0. The van der Waals surface area contributed by atoms with E-state index in [-0.39, 0.29) is 16.1 Å². The Morgan fingerprint density at radius 3 is 2.64 bits per heavy atom. The Hall–Kier alpha value is -2.65. The normalized spacial score (nSPS) is 11.7. The molecule has 0 fully saturated rings. The maximum Gasteiger partial charge on any atom is 0.306 e. The summed E-state index contributed by atoms with van der Waals surface area (Å²) in [5.41, 5.74) is -0.636. The van der Waals surface area contributed by atoms with Crippen LogP contribution in [0.15, 0.2) is 47.4 Å². The van der Waals surface area contributed by atoms with Gasteiger partial charge in [-0.3, -0.25) is 14.9 Å². The maximum absolute atomic E-state index is 13.2. The van der Waals surface area contributed by atoms with Crippen LogP contribution in [0.3, 0.4) is 0 Å². The Labute approximate surface area is 126 Å². The lowest BCUT2D eigenvalue weighted by atomic mass is 10.2. The molecule has 0 spiro atoms. The Bertz CT molecular complexity index is 781. The van der Waals surface area contributed by atoms with Crippen molar-refractivity contribution >= 4 is 28.4 Å². The van der Waals surface area contributed by atoms with Crippen molar-refractivity contribution in [3.8, 4) is 0 Å². The molecule has 0 aliphatic heterocycles. The summed E-state index contributed by atoms with van der Waals surface area (Å²) >= 11 is -2.23. The number of anilines is 1. The van der Waals surface area contributed by atoms with Gasteiger partial charge in [0.2, 0.25) is 5.82 Å². The number of halogens is 1. The van der Waals surface area contributed by atoms with Gasteiger partial charge in [0.05, 0.1) is 9.82 Å². The molecule has 0 aliphatic carbocycles. The second-order valence-corrected chi connectivity index (χ2v) is 5.12. The van der Waals surface area contributed by atoms with Gasteiger partial charge in [-0.05, 0) is 30.3 Å². The summed E-state index contributed by atoms with van der Waals surface area (Å²) in [4.78, 5) is 21.8. The summed E-state index contributed by atoms with van der Waals surface area (Å²) in [6.07, 6.45) is 0. The molecule has 0 saturated carbocycles. The minimum Gasteiger partial charge on any atom is -0.322 e. The predicted octanol–water partition coefficient (Wildman–Crippen LogP) is 2.57. The van der Waals surface area contributed by atoms with Gasteiger partial charge >= 0.3 is 5.69 Å². The predicted molar refractivity (Wildman–Crippen MR) is 76.5 cm³/mol. The van der Waals surface area contributed by atoms with Crippen LogP contribution in [0.2, 0.25) is 0 Å². The third kappa shape index (κ3) is 3.51. The highest BCUT2D eigenvalue weighted by Crippen LogP contribution is 2.22. The molecular weight excluding hydrogens is 315 g/mol. The van der Waals surface area contributed by atoms with Crippen LogP contribution in [-0.4, -0.2) is 19.6 Å². The Balaban J connectivity index is 2.26. The highest BCUT2D eigenvalue weighted by molar-refractivity contribution is 7.79. The molecule has 1 amide bonds. The summed E-state index contributed by atoms with van der Waals surface area (Å²) in [5.74, 6) is -1.66. The first-order valence-corrected chi connectivity index (χ1v) is 6.95. The Morgan fingerprint density at radius 1 is 1.27 bits per heavy atom. The van der Waals surface area contributed by atoms with Crippen molar-refractivity contribution in [3.05, 3.63) is 64.0 Å². The van der Waals surface area contributed by atoms with Crippen LogP contribution >= 0.6 is 0 Å². The van der Waals surface area contributed by atoms with Crippen molar-refractivity contribution in [3.63, 3.8) is 0 Å². The number of nitro benzene ring substituents is 1. The molecule has 2 rings (SSSR count). The van der Waals surface area contributed by atoms with Gasteiger partial charge in [0.15, 0.2) is 11.1 Å². The summed E-state index contributed by atoms with van der Waals surface area (Å²) in [5, 5.41) is 13.0. The van der Waals surface area contributed by atoms with E-state index in [1.165, 1.54) is 30.3 Å². The third-order valence-corrected chi connectivity index (χ3v) is 3.36. The zero-order chi connectivity index (χ0) is 16.3. The van der Waals surface area contributed by atoms with Crippen molar-refractivity contribution in [2.24, 2.45) is 0 Å². The van der Waals surface area contributed by atoms with Gasteiger partial charge in [0, 0.05) is 17.3 Å². The molecule has 2 N–H and O–H groups in total.